The Kier molecular flexibility index (Phi) is 6.77. The van der Waals surface area contributed by atoms with Crippen LogP contribution in [0.15, 0.2) is 29.6 Å². The maximum Gasteiger partial charge on any atom is 0.237 e. The van der Waals surface area contributed by atoms with Crippen molar-refractivity contribution < 1.29 is 9.63 Å². The van der Waals surface area contributed by atoms with E-state index >= 15 is 0 Å². The van der Waals surface area contributed by atoms with Crippen molar-refractivity contribution in [2.45, 2.75) is 57.7 Å². The summed E-state index contributed by atoms with van der Waals surface area (Å²) in [6.45, 7) is 3.38. The number of nitrogens with zero attached hydrogens (tertiary/aromatic N) is 4. The van der Waals surface area contributed by atoms with Crippen molar-refractivity contribution in [2.75, 3.05) is 13.1 Å². The predicted octanol–water partition coefficient (Wildman–Crippen LogP) is 2.25. The monoisotopic (exact) mass is 369 g/mol. The topological polar surface area (TPSA) is 90.6 Å². The van der Waals surface area contributed by atoms with Crippen LogP contribution in [0.2, 0.25) is 0 Å². The van der Waals surface area contributed by atoms with Crippen molar-refractivity contribution in [3.05, 3.63) is 30.1 Å². The van der Waals surface area contributed by atoms with Gasteiger partial charge in [0.05, 0.1) is 24.0 Å². The van der Waals surface area contributed by atoms with Gasteiger partial charge in [-0.3, -0.25) is 9.78 Å². The second kappa shape index (κ2) is 9.47. The molecular formula is C20H27N5O2. The van der Waals surface area contributed by atoms with Crippen LogP contribution < -0.4 is 5.32 Å². The minimum absolute atomic E-state index is 0.0339. The lowest BCUT2D eigenvalue weighted by atomic mass is 10.0. The Bertz CT molecular complexity index is 700. The summed E-state index contributed by atoms with van der Waals surface area (Å²) >= 11 is 0. The smallest absolute Gasteiger partial charge is 0.237 e. The third kappa shape index (κ3) is 5.27. The lowest BCUT2D eigenvalue weighted by Crippen LogP contribution is -2.43. The highest BCUT2D eigenvalue weighted by molar-refractivity contribution is 5.84. The predicted molar refractivity (Wildman–Crippen MR) is 102 cm³/mol. The van der Waals surface area contributed by atoms with Gasteiger partial charge in [0, 0.05) is 24.7 Å². The van der Waals surface area contributed by atoms with Crippen LogP contribution >= 0.6 is 0 Å². The van der Waals surface area contributed by atoms with Crippen LogP contribution in [-0.4, -0.2) is 46.7 Å². The summed E-state index contributed by atoms with van der Waals surface area (Å²) in [6, 6.07) is 7.99. The number of hydrogen-bond donors (Lipinski definition) is 1. The highest BCUT2D eigenvalue weighted by Crippen LogP contribution is 2.27. The molecule has 1 amide bonds. The molecule has 0 unspecified atom stereocenters. The maximum atomic E-state index is 12.3. The Morgan fingerprint density at radius 2 is 2.33 bits per heavy atom. The van der Waals surface area contributed by atoms with Crippen molar-refractivity contribution >= 4 is 11.6 Å². The van der Waals surface area contributed by atoms with Gasteiger partial charge in [-0.2, -0.15) is 5.26 Å². The quantitative estimate of drug-likeness (QED) is 0.588. The summed E-state index contributed by atoms with van der Waals surface area (Å²) in [5.74, 6) is 0.409. The summed E-state index contributed by atoms with van der Waals surface area (Å²) in [6.07, 6.45) is 6.47. The SMILES string of the molecule is C/C(=N\OCc1ccccn1)[C@H]1CC[C@@H](NCC(=O)N2CCC[C@H]2C#N)C1. The molecule has 1 N–H and O–H groups in total. The molecule has 3 rings (SSSR count). The molecule has 0 aromatic carbocycles. The van der Waals surface area contributed by atoms with Crippen LogP contribution in [0.25, 0.3) is 0 Å². The van der Waals surface area contributed by atoms with Gasteiger partial charge in [0.25, 0.3) is 0 Å². The molecule has 3 atom stereocenters. The van der Waals surface area contributed by atoms with E-state index in [1.165, 1.54) is 0 Å². The number of aromatic nitrogens is 1. The van der Waals surface area contributed by atoms with E-state index in [0.717, 1.165) is 43.5 Å². The van der Waals surface area contributed by atoms with Crippen LogP contribution in [0, 0.1) is 17.2 Å². The summed E-state index contributed by atoms with van der Waals surface area (Å²) in [5.41, 5.74) is 1.85. The third-order valence-corrected chi connectivity index (χ3v) is 5.43. The molecule has 2 aliphatic rings. The summed E-state index contributed by atoms with van der Waals surface area (Å²) in [7, 11) is 0. The van der Waals surface area contributed by atoms with Crippen LogP contribution in [0.4, 0.5) is 0 Å². The maximum absolute atomic E-state index is 12.3. The zero-order chi connectivity index (χ0) is 19.1. The molecule has 27 heavy (non-hydrogen) atoms. The second-order valence-corrected chi connectivity index (χ2v) is 7.29. The molecule has 1 aliphatic heterocycles. The van der Waals surface area contributed by atoms with E-state index < -0.39 is 0 Å². The Labute approximate surface area is 160 Å². The molecule has 1 aromatic rings. The number of carbonyl (C=O) groups excluding carboxylic acids is 1. The van der Waals surface area contributed by atoms with E-state index in [1.807, 2.05) is 25.1 Å². The number of rotatable bonds is 7. The van der Waals surface area contributed by atoms with E-state index in [4.69, 9.17) is 10.1 Å². The lowest BCUT2D eigenvalue weighted by Gasteiger charge is -2.21. The van der Waals surface area contributed by atoms with Crippen molar-refractivity contribution in [3.8, 4) is 6.07 Å². The molecule has 0 spiro atoms. The van der Waals surface area contributed by atoms with Gasteiger partial charge >= 0.3 is 0 Å². The van der Waals surface area contributed by atoms with Crippen molar-refractivity contribution in [2.24, 2.45) is 11.1 Å². The molecule has 0 bridgehead atoms. The third-order valence-electron chi connectivity index (χ3n) is 5.43. The largest absolute Gasteiger partial charge is 0.389 e. The number of pyridine rings is 1. The Balaban J connectivity index is 1.39. The summed E-state index contributed by atoms with van der Waals surface area (Å²) < 4.78 is 0. The van der Waals surface area contributed by atoms with Gasteiger partial charge in [0.1, 0.15) is 6.04 Å². The van der Waals surface area contributed by atoms with E-state index in [9.17, 15) is 4.79 Å². The molecule has 0 radical (unpaired) electrons. The minimum Gasteiger partial charge on any atom is -0.389 e. The molecule has 144 valence electrons. The molecule has 7 nitrogen and oxygen atoms in total. The first kappa shape index (κ1) is 19.3. The second-order valence-electron chi connectivity index (χ2n) is 7.29. The number of nitriles is 1. The molecular weight excluding hydrogens is 342 g/mol. The van der Waals surface area contributed by atoms with Gasteiger partial charge in [-0.15, -0.1) is 0 Å². The lowest BCUT2D eigenvalue weighted by molar-refractivity contribution is -0.130. The zero-order valence-corrected chi connectivity index (χ0v) is 15.8. The average molecular weight is 369 g/mol. The van der Waals surface area contributed by atoms with Gasteiger partial charge in [-0.1, -0.05) is 11.2 Å². The highest BCUT2D eigenvalue weighted by atomic mass is 16.6. The fourth-order valence-corrected chi connectivity index (χ4v) is 3.84. The number of amides is 1. The first-order valence-electron chi connectivity index (χ1n) is 9.66. The number of hydrogen-bond acceptors (Lipinski definition) is 6. The molecule has 7 heteroatoms. The Hall–Kier alpha value is -2.46. The van der Waals surface area contributed by atoms with Crippen molar-refractivity contribution in [3.63, 3.8) is 0 Å². The normalized spacial score (nSPS) is 25.4. The van der Waals surface area contributed by atoms with Gasteiger partial charge in [0.15, 0.2) is 6.61 Å². The van der Waals surface area contributed by atoms with E-state index in [-0.39, 0.29) is 11.9 Å². The van der Waals surface area contributed by atoms with Crippen LogP contribution in [0.1, 0.15) is 44.7 Å². The molecule has 2 heterocycles. The first-order chi connectivity index (χ1) is 13.2. The molecule has 1 saturated carbocycles. The number of likely N-dealkylation sites (tertiary alicyclic amines) is 1. The summed E-state index contributed by atoms with van der Waals surface area (Å²) in [5, 5.41) is 16.7. The minimum atomic E-state index is -0.249. The van der Waals surface area contributed by atoms with Gasteiger partial charge in [0.2, 0.25) is 5.91 Å². The van der Waals surface area contributed by atoms with Crippen molar-refractivity contribution in [1.29, 1.82) is 5.26 Å². The van der Waals surface area contributed by atoms with Gasteiger partial charge in [-0.25, -0.2) is 0 Å². The average Bonchev–Trinajstić information content (AvgIpc) is 3.36. The fourth-order valence-electron chi connectivity index (χ4n) is 3.84. The Morgan fingerprint density at radius 1 is 1.44 bits per heavy atom. The standard InChI is InChI=1S/C20H27N5O2/c1-15(24-27-14-18-5-2-3-9-22-18)16-7-8-17(11-16)23-13-20(26)25-10-4-6-19(25)12-21/h2-3,5,9,16-17,19,23H,4,6-8,10-11,13-14H2,1H3/b24-15+/t16-,17+,19-/m0/s1. The van der Waals surface area contributed by atoms with Gasteiger partial charge < -0.3 is 15.1 Å². The number of nitrogens with one attached hydrogen (secondary N) is 1. The van der Waals surface area contributed by atoms with Crippen LogP contribution in [0.3, 0.4) is 0 Å². The number of carbonyl (C=O) groups is 1. The van der Waals surface area contributed by atoms with Crippen molar-refractivity contribution in [1.82, 2.24) is 15.2 Å². The van der Waals surface area contributed by atoms with Crippen LogP contribution in [-0.2, 0) is 16.2 Å². The van der Waals surface area contributed by atoms with Crippen LogP contribution in [0.5, 0.6) is 0 Å². The van der Waals surface area contributed by atoms with E-state index in [1.54, 1.807) is 11.1 Å². The number of oxime groups is 1. The first-order valence-corrected chi connectivity index (χ1v) is 9.66. The molecule has 1 aromatic heterocycles. The van der Waals surface area contributed by atoms with Gasteiger partial charge in [-0.05, 0) is 51.2 Å². The fraction of sp³-hybridized carbons (Fsp3) is 0.600. The van der Waals surface area contributed by atoms with E-state index in [0.29, 0.717) is 31.7 Å². The van der Waals surface area contributed by atoms with E-state index in [2.05, 4.69) is 21.5 Å². The molecule has 1 saturated heterocycles. The zero-order valence-electron chi connectivity index (χ0n) is 15.8. The Morgan fingerprint density at radius 3 is 3.11 bits per heavy atom. The molecule has 2 fully saturated rings. The summed E-state index contributed by atoms with van der Waals surface area (Å²) in [4.78, 5) is 23.7. The highest BCUT2D eigenvalue weighted by Gasteiger charge is 2.30. The molecule has 1 aliphatic carbocycles.